The van der Waals surface area contributed by atoms with Crippen molar-refractivity contribution in [3.05, 3.63) is 0 Å². The first-order valence-corrected chi connectivity index (χ1v) is 1.32. The van der Waals surface area contributed by atoms with Gasteiger partial charge in [0, 0.05) is 7.05 Å². The summed E-state index contributed by atoms with van der Waals surface area (Å²) in [4.78, 5) is 0. The first-order valence-electron chi connectivity index (χ1n) is 0.908. The largest absolute Gasteiger partial charge is 0.348 e. The number of rotatable bonds is 1. The van der Waals surface area contributed by atoms with Gasteiger partial charge in [-0.05, 0) is 0 Å². The average Bonchev–Trinajstić information content (AvgIpc) is 1.37. The molecule has 0 spiro atoms. The lowest BCUT2D eigenvalue weighted by Crippen LogP contribution is -2.01. The van der Waals surface area contributed by atoms with Gasteiger partial charge in [0.25, 0.3) is 10.5 Å². The van der Waals surface area contributed by atoms with Gasteiger partial charge in [0.15, 0.2) is 0 Å². The summed E-state index contributed by atoms with van der Waals surface area (Å²) in [6.45, 7) is 0. The predicted molar refractivity (Wildman–Crippen MR) is 15.9 cm³/mol. The van der Waals surface area contributed by atoms with Crippen LogP contribution in [0, 0.1) is 0 Å². The van der Waals surface area contributed by atoms with E-state index in [4.69, 9.17) is 0 Å². The van der Waals surface area contributed by atoms with Gasteiger partial charge in [-0.2, -0.15) is 0 Å². The van der Waals surface area contributed by atoms with Crippen LogP contribution in [0.3, 0.4) is 0 Å². The maximum absolute atomic E-state index is 4.10. The first kappa shape index (κ1) is 4.14. The second-order valence-corrected chi connectivity index (χ2v) is 0.510. The second kappa shape index (κ2) is 3.14. The van der Waals surface area contributed by atoms with E-state index in [0.29, 0.717) is 0 Å². The Bertz CT molecular complexity index is 10.0. The summed E-state index contributed by atoms with van der Waals surface area (Å²) in [5, 5.41) is 0. The highest BCUT2D eigenvalue weighted by Gasteiger charge is 1.48. The predicted octanol–water partition coefficient (Wildman–Crippen LogP) is -0.779. The Hall–Kier alpha value is 0.137. The minimum Gasteiger partial charge on any atom is -0.348 e. The fourth-order valence-electron chi connectivity index (χ4n) is 0. The van der Waals surface area contributed by atoms with Crippen LogP contribution in [-0.4, -0.2) is 17.5 Å². The van der Waals surface area contributed by atoms with Crippen LogP contribution < -0.4 is 5.48 Å². The Morgan fingerprint density at radius 3 is 2.25 bits per heavy atom. The van der Waals surface area contributed by atoms with Crippen LogP contribution in [0.4, 0.5) is 0 Å². The molecule has 0 unspecified atom stereocenters. The van der Waals surface area contributed by atoms with Gasteiger partial charge in [0.2, 0.25) is 0 Å². The van der Waals surface area contributed by atoms with E-state index in [2.05, 4.69) is 20.5 Å². The molecule has 0 aromatic rings. The topological polar surface area (TPSA) is 21.3 Å². The van der Waals surface area contributed by atoms with Crippen molar-refractivity contribution in [1.82, 2.24) is 5.48 Å². The third-order valence-electron chi connectivity index (χ3n) is 0.102. The Morgan fingerprint density at radius 2 is 2.25 bits per heavy atom. The third-order valence-corrected chi connectivity index (χ3v) is 0.306. The maximum atomic E-state index is 4.10. The molecule has 0 aromatic heterocycles. The van der Waals surface area contributed by atoms with Crippen molar-refractivity contribution in [3.8, 4) is 0 Å². The summed E-state index contributed by atoms with van der Waals surface area (Å²) < 4.78 is 4.10. The highest BCUT2D eigenvalue weighted by Crippen LogP contribution is 1.29. The van der Waals surface area contributed by atoms with Crippen molar-refractivity contribution in [2.45, 2.75) is 0 Å². The monoisotopic (exact) mass is 74.0 g/mol. The Labute approximate surface area is 28.7 Å². The lowest BCUT2D eigenvalue weighted by atomic mass is 11.6. The molecule has 3 radical (unpaired) electrons. The molecule has 0 saturated carbocycles. The van der Waals surface area contributed by atoms with Crippen molar-refractivity contribution < 1.29 is 4.53 Å². The van der Waals surface area contributed by atoms with Gasteiger partial charge >= 0.3 is 0 Å². The molecule has 1 N–H and O–H groups in total. The Kier molecular flexibility index (Phi) is 3.24. The van der Waals surface area contributed by atoms with Crippen molar-refractivity contribution in [2.75, 3.05) is 7.05 Å². The molecule has 4 heavy (non-hydrogen) atoms. The molecule has 3 heteroatoms. The fourth-order valence-corrected chi connectivity index (χ4v) is 0. The van der Waals surface area contributed by atoms with Gasteiger partial charge in [-0.3, -0.25) is 0 Å². The van der Waals surface area contributed by atoms with Gasteiger partial charge < -0.3 is 4.53 Å². The maximum Gasteiger partial charge on any atom is 0.280 e. The van der Waals surface area contributed by atoms with E-state index in [1.165, 1.54) is 0 Å². The van der Waals surface area contributed by atoms with Gasteiger partial charge in [-0.15, -0.1) is 0 Å². The van der Waals surface area contributed by atoms with Crippen molar-refractivity contribution in [1.29, 1.82) is 0 Å². The average molecular weight is 74.1 g/mol. The van der Waals surface area contributed by atoms with E-state index in [1.807, 2.05) is 0 Å². The molecular formula is CH4NOSi. The lowest BCUT2D eigenvalue weighted by Gasteiger charge is -1.80. The number of nitrogens with one attached hydrogen (secondary N) is 1. The van der Waals surface area contributed by atoms with Crippen LogP contribution >= 0.6 is 0 Å². The van der Waals surface area contributed by atoms with Gasteiger partial charge in [-0.1, -0.05) is 0 Å². The van der Waals surface area contributed by atoms with Crippen molar-refractivity contribution >= 4 is 10.5 Å². The molecule has 0 aliphatic rings. The van der Waals surface area contributed by atoms with Crippen molar-refractivity contribution in [3.63, 3.8) is 0 Å². The van der Waals surface area contributed by atoms with Crippen LogP contribution in [0.25, 0.3) is 0 Å². The van der Waals surface area contributed by atoms with Crippen LogP contribution in [-0.2, 0) is 4.53 Å². The number of hydroxylamine groups is 1. The molecule has 0 aliphatic carbocycles. The van der Waals surface area contributed by atoms with Crippen LogP contribution in [0.15, 0.2) is 0 Å². The van der Waals surface area contributed by atoms with E-state index in [-0.39, 0.29) is 0 Å². The highest BCUT2D eigenvalue weighted by atomic mass is 28.2. The van der Waals surface area contributed by atoms with Crippen molar-refractivity contribution in [2.24, 2.45) is 0 Å². The van der Waals surface area contributed by atoms with Crippen LogP contribution in [0.5, 0.6) is 0 Å². The second-order valence-electron chi connectivity index (χ2n) is 0.306. The number of hydrogen-bond donors (Lipinski definition) is 1. The molecule has 0 bridgehead atoms. The summed E-state index contributed by atoms with van der Waals surface area (Å²) >= 11 is 0. The Balaban J connectivity index is 1.97. The molecule has 0 aliphatic heterocycles. The van der Waals surface area contributed by atoms with E-state index >= 15 is 0 Å². The zero-order valence-electron chi connectivity index (χ0n) is 2.41. The summed E-state index contributed by atoms with van der Waals surface area (Å²) in [6, 6.07) is 0. The van der Waals surface area contributed by atoms with E-state index < -0.39 is 0 Å². The third kappa shape index (κ3) is 2.14. The van der Waals surface area contributed by atoms with Crippen LogP contribution in [0.1, 0.15) is 0 Å². The molecular weight excluding hydrogens is 70.1 g/mol. The minimum atomic E-state index is 1.66. The quantitative estimate of drug-likeness (QED) is 0.325. The first-order chi connectivity index (χ1) is 1.91. The molecule has 0 saturated heterocycles. The van der Waals surface area contributed by atoms with E-state index in [0.717, 1.165) is 0 Å². The lowest BCUT2D eigenvalue weighted by molar-refractivity contribution is 0.248. The standard InChI is InChI=1S/CH4NOSi/c1-2-3-4/h2H,1H3. The molecule has 0 heterocycles. The fraction of sp³-hybridized carbons (Fsp3) is 1.00. The van der Waals surface area contributed by atoms with E-state index in [1.54, 1.807) is 7.05 Å². The molecule has 0 atom stereocenters. The normalized spacial score (nSPS) is 7.50. The SMILES string of the molecule is CNO[Si]. The molecule has 0 rings (SSSR count). The smallest absolute Gasteiger partial charge is 0.280 e. The van der Waals surface area contributed by atoms with E-state index in [9.17, 15) is 0 Å². The van der Waals surface area contributed by atoms with Crippen LogP contribution in [0.2, 0.25) is 0 Å². The zero-order valence-corrected chi connectivity index (χ0v) is 3.41. The van der Waals surface area contributed by atoms with Gasteiger partial charge in [-0.25, -0.2) is 5.48 Å². The minimum absolute atomic E-state index is 1.66. The summed E-state index contributed by atoms with van der Waals surface area (Å²) in [7, 11) is 4.34. The summed E-state index contributed by atoms with van der Waals surface area (Å²) in [5.74, 6) is 0. The highest BCUT2D eigenvalue weighted by molar-refractivity contribution is 5.97. The number of hydrogen-bond acceptors (Lipinski definition) is 2. The molecule has 2 nitrogen and oxygen atoms in total. The van der Waals surface area contributed by atoms with Gasteiger partial charge in [0.05, 0.1) is 0 Å². The molecule has 0 aromatic carbocycles. The summed E-state index contributed by atoms with van der Waals surface area (Å²) in [5.41, 5.74) is 2.34. The zero-order chi connectivity index (χ0) is 3.41. The molecule has 0 amide bonds. The van der Waals surface area contributed by atoms with Gasteiger partial charge in [0.1, 0.15) is 0 Å². The summed E-state index contributed by atoms with van der Waals surface area (Å²) in [6.07, 6.45) is 0. The molecule has 0 fully saturated rings. The molecule has 23 valence electrons. The Morgan fingerprint density at radius 1 is 2.00 bits per heavy atom.